The van der Waals surface area contributed by atoms with Crippen LogP contribution in [0, 0.1) is 11.3 Å². The molecule has 0 bridgehead atoms. The number of aromatic nitrogens is 2. The molecule has 0 radical (unpaired) electrons. The number of allylic oxidation sites excluding steroid dienone is 3. The van der Waals surface area contributed by atoms with Crippen LogP contribution in [0.1, 0.15) is 30.7 Å². The van der Waals surface area contributed by atoms with Crippen LogP contribution in [-0.4, -0.2) is 41.9 Å². The van der Waals surface area contributed by atoms with Gasteiger partial charge in [0.15, 0.2) is 10.1 Å². The van der Waals surface area contributed by atoms with E-state index in [-0.39, 0.29) is 28.8 Å². The Labute approximate surface area is 260 Å². The fourth-order valence-corrected chi connectivity index (χ4v) is 7.11. The van der Waals surface area contributed by atoms with Crippen molar-refractivity contribution >= 4 is 68.8 Å². The molecule has 216 valence electrons. The van der Waals surface area contributed by atoms with E-state index in [4.69, 9.17) is 38.4 Å². The predicted molar refractivity (Wildman–Crippen MR) is 163 cm³/mol. The van der Waals surface area contributed by atoms with Crippen molar-refractivity contribution in [3.8, 4) is 17.6 Å². The minimum Gasteiger partial charge on any atom is -0.497 e. The van der Waals surface area contributed by atoms with Gasteiger partial charge in [-0.3, -0.25) is 14.5 Å². The van der Waals surface area contributed by atoms with Crippen molar-refractivity contribution in [1.82, 2.24) is 10.2 Å². The third-order valence-corrected chi connectivity index (χ3v) is 9.34. The molecule has 1 aliphatic carbocycles. The van der Waals surface area contributed by atoms with Gasteiger partial charge in [0.05, 0.1) is 37.5 Å². The summed E-state index contributed by atoms with van der Waals surface area (Å²) in [6.45, 7) is 0. The summed E-state index contributed by atoms with van der Waals surface area (Å²) < 4.78 is 11.0. The largest absolute Gasteiger partial charge is 0.497 e. The van der Waals surface area contributed by atoms with Crippen molar-refractivity contribution in [2.45, 2.75) is 29.5 Å². The van der Waals surface area contributed by atoms with E-state index < -0.39 is 5.92 Å². The number of nitrogens with one attached hydrogen (secondary N) is 1. The molecule has 1 atom stereocenters. The molecule has 0 fully saturated rings. The van der Waals surface area contributed by atoms with E-state index in [1.54, 1.807) is 41.3 Å². The average Bonchev–Trinajstić information content (AvgIpc) is 3.44. The molecule has 2 aliphatic rings. The Hall–Kier alpha value is -3.76. The molecule has 1 aromatic heterocycles. The maximum Gasteiger partial charge on any atom is 0.234 e. The highest BCUT2D eigenvalue weighted by Crippen LogP contribution is 2.48. The van der Waals surface area contributed by atoms with Gasteiger partial charge in [-0.05, 0) is 30.5 Å². The van der Waals surface area contributed by atoms with Crippen LogP contribution in [0.4, 0.5) is 10.8 Å². The first-order chi connectivity index (χ1) is 20.2. The fourth-order valence-electron chi connectivity index (χ4n) is 4.91. The second-order valence-corrected chi connectivity index (χ2v) is 12.3. The van der Waals surface area contributed by atoms with E-state index in [2.05, 4.69) is 21.6 Å². The topological polar surface area (TPSA) is 143 Å². The predicted octanol–water partition coefficient (Wildman–Crippen LogP) is 5.90. The fraction of sp³-hybridized carbons (Fsp3) is 0.250. The molecular formula is C28H24Cl2N6O4S2. The molecule has 1 unspecified atom stereocenters. The molecule has 5 rings (SSSR count). The number of ketones is 1. The molecule has 0 saturated heterocycles. The Morgan fingerprint density at radius 1 is 1.19 bits per heavy atom. The monoisotopic (exact) mass is 642 g/mol. The first-order valence-corrected chi connectivity index (χ1v) is 15.2. The molecule has 1 amide bonds. The van der Waals surface area contributed by atoms with Crippen molar-refractivity contribution in [1.29, 1.82) is 5.26 Å². The minimum atomic E-state index is -0.723. The molecule has 3 N–H and O–H groups in total. The lowest BCUT2D eigenvalue weighted by molar-refractivity contribution is -0.116. The number of amides is 1. The summed E-state index contributed by atoms with van der Waals surface area (Å²) in [5, 5.41) is 22.7. The number of hydrogen-bond acceptors (Lipinski definition) is 11. The smallest absolute Gasteiger partial charge is 0.234 e. The average molecular weight is 644 g/mol. The maximum absolute atomic E-state index is 13.3. The number of nitrogens with two attached hydrogens (primary N) is 1. The number of thioether (sulfide) groups is 1. The first-order valence-electron chi connectivity index (χ1n) is 12.6. The van der Waals surface area contributed by atoms with E-state index in [9.17, 15) is 14.9 Å². The third kappa shape index (κ3) is 5.91. The second-order valence-electron chi connectivity index (χ2n) is 9.27. The first kappa shape index (κ1) is 29.7. The molecular weight excluding hydrogens is 619 g/mol. The van der Waals surface area contributed by atoms with Crippen molar-refractivity contribution in [2.24, 2.45) is 5.73 Å². The molecule has 10 nitrogen and oxygen atoms in total. The van der Waals surface area contributed by atoms with E-state index in [0.29, 0.717) is 72.8 Å². The summed E-state index contributed by atoms with van der Waals surface area (Å²) in [6.07, 6.45) is 1.52. The van der Waals surface area contributed by atoms with Crippen molar-refractivity contribution < 1.29 is 19.1 Å². The highest BCUT2D eigenvalue weighted by atomic mass is 35.5. The second kappa shape index (κ2) is 12.6. The Morgan fingerprint density at radius 3 is 2.60 bits per heavy atom. The van der Waals surface area contributed by atoms with E-state index >= 15 is 0 Å². The van der Waals surface area contributed by atoms with Gasteiger partial charge >= 0.3 is 0 Å². The van der Waals surface area contributed by atoms with E-state index in [1.165, 1.54) is 37.3 Å². The highest BCUT2D eigenvalue weighted by Gasteiger charge is 2.42. The van der Waals surface area contributed by atoms with Crippen LogP contribution in [-0.2, 0) is 9.59 Å². The highest BCUT2D eigenvalue weighted by molar-refractivity contribution is 8.01. The lowest BCUT2D eigenvalue weighted by Crippen LogP contribution is -2.38. The van der Waals surface area contributed by atoms with Crippen LogP contribution in [0.25, 0.3) is 0 Å². The minimum absolute atomic E-state index is 0.0620. The summed E-state index contributed by atoms with van der Waals surface area (Å²) in [5.74, 6) is 0.242. The van der Waals surface area contributed by atoms with Crippen LogP contribution >= 0.6 is 46.3 Å². The number of benzene rings is 2. The zero-order valence-electron chi connectivity index (χ0n) is 22.4. The normalized spacial score (nSPS) is 16.7. The summed E-state index contributed by atoms with van der Waals surface area (Å²) in [5.41, 5.74) is 9.03. The van der Waals surface area contributed by atoms with Crippen LogP contribution in [0.3, 0.4) is 0 Å². The number of rotatable bonds is 8. The van der Waals surface area contributed by atoms with Gasteiger partial charge in [-0.25, -0.2) is 0 Å². The molecule has 2 heterocycles. The molecule has 42 heavy (non-hydrogen) atoms. The Balaban J connectivity index is 1.40. The van der Waals surface area contributed by atoms with Crippen LogP contribution in [0.15, 0.2) is 63.4 Å². The Kier molecular flexibility index (Phi) is 8.93. The number of nitrogens with zero attached hydrogens (tertiary/aromatic N) is 4. The number of carbonyl (C=O) groups is 2. The molecule has 3 aromatic rings. The van der Waals surface area contributed by atoms with E-state index in [0.717, 1.165) is 0 Å². The van der Waals surface area contributed by atoms with Crippen LogP contribution in [0.5, 0.6) is 11.5 Å². The lowest BCUT2D eigenvalue weighted by Gasteiger charge is -2.38. The quantitative estimate of drug-likeness (QED) is 0.285. The van der Waals surface area contributed by atoms with Crippen LogP contribution in [0.2, 0.25) is 10.0 Å². The Morgan fingerprint density at radius 2 is 1.93 bits per heavy atom. The van der Waals surface area contributed by atoms with Gasteiger partial charge in [0.2, 0.25) is 11.0 Å². The van der Waals surface area contributed by atoms with Gasteiger partial charge in [0, 0.05) is 51.6 Å². The van der Waals surface area contributed by atoms with Gasteiger partial charge in [-0.2, -0.15) is 5.26 Å². The lowest BCUT2D eigenvalue weighted by atomic mass is 9.76. The van der Waals surface area contributed by atoms with Crippen molar-refractivity contribution in [3.05, 3.63) is 74.7 Å². The van der Waals surface area contributed by atoms with Crippen molar-refractivity contribution in [3.63, 3.8) is 0 Å². The number of methoxy groups -OCH3 is 2. The third-order valence-electron chi connectivity index (χ3n) is 6.74. The molecule has 2 aromatic carbocycles. The maximum atomic E-state index is 13.3. The van der Waals surface area contributed by atoms with Gasteiger partial charge in [-0.15, -0.1) is 10.2 Å². The number of anilines is 2. The number of Topliss-reactive ketones (excluding diaryl/α,β-unsaturated/α-hetero) is 1. The van der Waals surface area contributed by atoms with Crippen LogP contribution < -0.4 is 25.4 Å². The summed E-state index contributed by atoms with van der Waals surface area (Å²) in [4.78, 5) is 27.6. The molecule has 14 heteroatoms. The van der Waals surface area contributed by atoms with Gasteiger partial charge in [-0.1, -0.05) is 52.4 Å². The standard InChI is InChI=1S/C28H24Cl2N6O4S2/c1-39-16-9-15(10-17(11-16)40-2)33-23(38)13-41-28-35-34-27(42-28)36-21-4-3-5-22(37)25(21)24(19(12-31)26(36)32)18-7-6-14(29)8-20(18)30/h6-11,24H,3-5,13,32H2,1-2H3,(H,33,38). The number of nitriles is 1. The number of hydrogen-bond donors (Lipinski definition) is 2. The summed E-state index contributed by atoms with van der Waals surface area (Å²) >= 11 is 15.1. The molecule has 0 spiro atoms. The van der Waals surface area contributed by atoms with Gasteiger partial charge in [0.1, 0.15) is 17.3 Å². The SMILES string of the molecule is COc1cc(NC(=O)CSc2nnc(N3C(N)=C(C#N)C(c4ccc(Cl)cc4Cl)C4=C3CCCC4=O)s2)cc(OC)c1. The number of ether oxygens (including phenoxy) is 2. The van der Waals surface area contributed by atoms with E-state index in [1.807, 2.05) is 0 Å². The number of halogens is 2. The Bertz CT molecular complexity index is 1660. The molecule has 0 saturated carbocycles. The summed E-state index contributed by atoms with van der Waals surface area (Å²) in [7, 11) is 3.06. The van der Waals surface area contributed by atoms with Gasteiger partial charge in [0.25, 0.3) is 0 Å². The zero-order valence-corrected chi connectivity index (χ0v) is 25.6. The van der Waals surface area contributed by atoms with Gasteiger partial charge < -0.3 is 20.5 Å². The number of carbonyl (C=O) groups excluding carboxylic acids is 2. The molecule has 1 aliphatic heterocycles. The summed E-state index contributed by atoms with van der Waals surface area (Å²) in [6, 6.07) is 12.3. The zero-order chi connectivity index (χ0) is 30.0. The van der Waals surface area contributed by atoms with Crippen molar-refractivity contribution in [2.75, 3.05) is 30.2 Å².